The highest BCUT2D eigenvalue weighted by molar-refractivity contribution is 7.10. The monoisotopic (exact) mass is 221 g/mol. The molecule has 0 fully saturated rings. The lowest BCUT2D eigenvalue weighted by atomic mass is 10.1. The van der Waals surface area contributed by atoms with E-state index in [9.17, 15) is 8.78 Å². The molecule has 0 atom stereocenters. The predicted octanol–water partition coefficient (Wildman–Crippen LogP) is 3.07. The molecule has 0 aliphatic heterocycles. The standard InChI is InChI=1S/C11H5F2NS/c1-2-11-14-10(6-15-11)8-4-3-7(12)5-9(8)13/h1,3-6H. The lowest BCUT2D eigenvalue weighted by Crippen LogP contribution is -1.86. The van der Waals surface area contributed by atoms with Crippen molar-refractivity contribution in [3.8, 4) is 23.6 Å². The Hall–Kier alpha value is -1.73. The molecule has 1 aromatic carbocycles. The van der Waals surface area contributed by atoms with E-state index in [2.05, 4.69) is 10.9 Å². The Morgan fingerprint density at radius 1 is 1.33 bits per heavy atom. The number of hydrogen-bond donors (Lipinski definition) is 0. The van der Waals surface area contributed by atoms with Crippen molar-refractivity contribution in [3.05, 3.63) is 40.2 Å². The van der Waals surface area contributed by atoms with Crippen molar-refractivity contribution in [2.24, 2.45) is 0 Å². The van der Waals surface area contributed by atoms with Gasteiger partial charge in [-0.3, -0.25) is 0 Å². The van der Waals surface area contributed by atoms with Crippen LogP contribution in [-0.4, -0.2) is 4.98 Å². The van der Waals surface area contributed by atoms with E-state index in [0.29, 0.717) is 10.7 Å². The quantitative estimate of drug-likeness (QED) is 0.674. The molecule has 4 heteroatoms. The minimum absolute atomic E-state index is 0.258. The Kier molecular flexibility index (Phi) is 2.48. The molecule has 2 aromatic rings. The van der Waals surface area contributed by atoms with Gasteiger partial charge in [-0.05, 0) is 18.1 Å². The van der Waals surface area contributed by atoms with Gasteiger partial charge in [0.05, 0.1) is 5.69 Å². The summed E-state index contributed by atoms with van der Waals surface area (Å²) >= 11 is 1.25. The third-order valence-electron chi connectivity index (χ3n) is 1.83. The molecule has 0 N–H and O–H groups in total. The predicted molar refractivity (Wildman–Crippen MR) is 55.4 cm³/mol. The highest BCUT2D eigenvalue weighted by atomic mass is 32.1. The molecule has 0 saturated carbocycles. The van der Waals surface area contributed by atoms with Crippen molar-refractivity contribution in [3.63, 3.8) is 0 Å². The Bertz CT molecular complexity index is 540. The summed E-state index contributed by atoms with van der Waals surface area (Å²) in [6, 6.07) is 3.36. The molecule has 0 aliphatic carbocycles. The Balaban J connectivity index is 2.50. The summed E-state index contributed by atoms with van der Waals surface area (Å²) in [5, 5.41) is 2.12. The van der Waals surface area contributed by atoms with E-state index in [1.165, 1.54) is 23.5 Å². The fourth-order valence-corrected chi connectivity index (χ4v) is 1.78. The number of thiazole rings is 1. The summed E-state index contributed by atoms with van der Waals surface area (Å²) in [7, 11) is 0. The minimum atomic E-state index is -0.635. The van der Waals surface area contributed by atoms with Crippen LogP contribution in [0.4, 0.5) is 8.78 Å². The van der Waals surface area contributed by atoms with E-state index in [0.717, 1.165) is 6.07 Å². The van der Waals surface area contributed by atoms with Crippen molar-refractivity contribution in [2.75, 3.05) is 0 Å². The van der Waals surface area contributed by atoms with Gasteiger partial charge in [0.25, 0.3) is 0 Å². The summed E-state index contributed by atoms with van der Waals surface area (Å²) < 4.78 is 26.0. The van der Waals surface area contributed by atoms with Crippen LogP contribution >= 0.6 is 11.3 Å². The Labute approximate surface area is 89.4 Å². The zero-order valence-electron chi connectivity index (χ0n) is 7.50. The van der Waals surface area contributed by atoms with Crippen molar-refractivity contribution in [2.45, 2.75) is 0 Å². The molecular weight excluding hydrogens is 216 g/mol. The number of benzene rings is 1. The van der Waals surface area contributed by atoms with Crippen molar-refractivity contribution < 1.29 is 8.78 Å². The molecule has 1 aromatic heterocycles. The van der Waals surface area contributed by atoms with Gasteiger partial charge < -0.3 is 0 Å². The molecule has 1 nitrogen and oxygen atoms in total. The van der Waals surface area contributed by atoms with Gasteiger partial charge in [-0.2, -0.15) is 0 Å². The summed E-state index contributed by atoms with van der Waals surface area (Å²) in [4.78, 5) is 4.01. The zero-order chi connectivity index (χ0) is 10.8. The van der Waals surface area contributed by atoms with Gasteiger partial charge in [0.1, 0.15) is 11.6 Å². The van der Waals surface area contributed by atoms with E-state index in [-0.39, 0.29) is 5.56 Å². The van der Waals surface area contributed by atoms with Crippen LogP contribution in [0.3, 0.4) is 0 Å². The van der Waals surface area contributed by atoms with Crippen LogP contribution in [0.25, 0.3) is 11.3 Å². The van der Waals surface area contributed by atoms with Crippen LogP contribution in [-0.2, 0) is 0 Å². The van der Waals surface area contributed by atoms with Crippen LogP contribution in [0.1, 0.15) is 5.01 Å². The largest absolute Gasteiger partial charge is 0.228 e. The fourth-order valence-electron chi connectivity index (χ4n) is 1.16. The summed E-state index contributed by atoms with van der Waals surface area (Å²) in [5.41, 5.74) is 0.694. The van der Waals surface area contributed by atoms with Gasteiger partial charge in [-0.15, -0.1) is 17.8 Å². The molecule has 1 heterocycles. The topological polar surface area (TPSA) is 12.9 Å². The minimum Gasteiger partial charge on any atom is -0.228 e. The summed E-state index contributed by atoms with van der Waals surface area (Å²) in [6.45, 7) is 0. The third-order valence-corrected chi connectivity index (χ3v) is 2.61. The zero-order valence-corrected chi connectivity index (χ0v) is 8.31. The van der Waals surface area contributed by atoms with Crippen LogP contribution < -0.4 is 0 Å². The SMILES string of the molecule is C#Cc1nc(-c2ccc(F)cc2F)cs1. The molecule has 0 bridgehead atoms. The van der Waals surface area contributed by atoms with E-state index >= 15 is 0 Å². The van der Waals surface area contributed by atoms with Crippen molar-refractivity contribution in [1.29, 1.82) is 0 Å². The van der Waals surface area contributed by atoms with E-state index in [1.54, 1.807) is 5.38 Å². The second-order valence-corrected chi connectivity index (χ2v) is 3.66. The first-order valence-corrected chi connectivity index (χ1v) is 4.96. The summed E-state index contributed by atoms with van der Waals surface area (Å²) in [5.74, 6) is 1.12. The highest BCUT2D eigenvalue weighted by Gasteiger charge is 2.09. The molecule has 74 valence electrons. The van der Waals surface area contributed by atoms with Crippen molar-refractivity contribution in [1.82, 2.24) is 4.98 Å². The van der Waals surface area contributed by atoms with Crippen LogP contribution in [0, 0.1) is 24.0 Å². The van der Waals surface area contributed by atoms with Crippen LogP contribution in [0.5, 0.6) is 0 Å². The van der Waals surface area contributed by atoms with Gasteiger partial charge in [0, 0.05) is 17.0 Å². The van der Waals surface area contributed by atoms with Crippen molar-refractivity contribution >= 4 is 11.3 Å². The first kappa shape index (κ1) is 9.81. The van der Waals surface area contributed by atoms with E-state index < -0.39 is 11.6 Å². The molecule has 2 rings (SSSR count). The lowest BCUT2D eigenvalue weighted by molar-refractivity contribution is 0.585. The van der Waals surface area contributed by atoms with Gasteiger partial charge in [-0.1, -0.05) is 0 Å². The first-order chi connectivity index (χ1) is 7.20. The van der Waals surface area contributed by atoms with Crippen LogP contribution in [0.15, 0.2) is 23.6 Å². The fraction of sp³-hybridized carbons (Fsp3) is 0. The normalized spacial score (nSPS) is 9.93. The maximum Gasteiger partial charge on any atom is 0.167 e. The number of hydrogen-bond acceptors (Lipinski definition) is 2. The van der Waals surface area contributed by atoms with Gasteiger partial charge >= 0.3 is 0 Å². The molecule has 0 radical (unpaired) electrons. The number of aromatic nitrogens is 1. The molecule has 0 aliphatic rings. The second-order valence-electron chi connectivity index (χ2n) is 2.81. The summed E-state index contributed by atoms with van der Waals surface area (Å²) in [6.07, 6.45) is 5.15. The van der Waals surface area contributed by atoms with Gasteiger partial charge in [0.2, 0.25) is 0 Å². The Morgan fingerprint density at radius 3 is 2.73 bits per heavy atom. The average Bonchev–Trinajstić information content (AvgIpc) is 2.66. The lowest BCUT2D eigenvalue weighted by Gasteiger charge is -1.98. The third kappa shape index (κ3) is 1.88. The second kappa shape index (κ2) is 3.79. The number of rotatable bonds is 1. The molecule has 0 unspecified atom stereocenters. The first-order valence-electron chi connectivity index (χ1n) is 4.08. The molecular formula is C11H5F2NS. The smallest absolute Gasteiger partial charge is 0.167 e. The maximum absolute atomic E-state index is 13.3. The molecule has 15 heavy (non-hydrogen) atoms. The Morgan fingerprint density at radius 2 is 2.13 bits per heavy atom. The van der Waals surface area contributed by atoms with Gasteiger partial charge in [-0.25, -0.2) is 13.8 Å². The van der Waals surface area contributed by atoms with E-state index in [1.807, 2.05) is 0 Å². The average molecular weight is 221 g/mol. The van der Waals surface area contributed by atoms with Gasteiger partial charge in [0.15, 0.2) is 5.01 Å². The highest BCUT2D eigenvalue weighted by Crippen LogP contribution is 2.24. The number of halogens is 2. The van der Waals surface area contributed by atoms with Crippen LogP contribution in [0.2, 0.25) is 0 Å². The van der Waals surface area contributed by atoms with E-state index in [4.69, 9.17) is 6.42 Å². The number of terminal acetylenes is 1. The number of nitrogens with zero attached hydrogens (tertiary/aromatic N) is 1. The maximum atomic E-state index is 13.3. The molecule has 0 saturated heterocycles. The molecule has 0 amide bonds. The molecule has 0 spiro atoms.